The van der Waals surface area contributed by atoms with Crippen LogP contribution in [0.3, 0.4) is 0 Å². The van der Waals surface area contributed by atoms with Crippen molar-refractivity contribution in [1.29, 1.82) is 0 Å². The minimum Gasteiger partial charge on any atom is -0.545 e. The molecule has 1 aliphatic heterocycles. The molecule has 4 rings (SSSR count). The molecule has 0 aromatic heterocycles. The van der Waals surface area contributed by atoms with Crippen LogP contribution in [0.2, 0.25) is 0 Å². The molecule has 0 aliphatic carbocycles. The van der Waals surface area contributed by atoms with E-state index in [-0.39, 0.29) is 5.56 Å². The van der Waals surface area contributed by atoms with Gasteiger partial charge in [0.15, 0.2) is 0 Å². The van der Waals surface area contributed by atoms with Crippen LogP contribution in [0, 0.1) is 13.8 Å². The van der Waals surface area contributed by atoms with Crippen LogP contribution in [0.5, 0.6) is 11.5 Å². The molecule has 0 spiro atoms. The lowest BCUT2D eigenvalue weighted by molar-refractivity contribution is -0.255. The van der Waals surface area contributed by atoms with E-state index in [1.165, 1.54) is 0 Å². The number of carboxylic acids is 1. The number of carbonyl (C=O) groups excluding carboxylic acids is 1. The Balaban J connectivity index is 2.14. The van der Waals surface area contributed by atoms with Crippen molar-refractivity contribution in [3.8, 4) is 11.5 Å². The average molecular weight is 384 g/mol. The minimum atomic E-state index is -1.19. The van der Waals surface area contributed by atoms with Gasteiger partial charge >= 0.3 is 0 Å². The van der Waals surface area contributed by atoms with Crippen molar-refractivity contribution in [2.45, 2.75) is 13.8 Å². The predicted molar refractivity (Wildman–Crippen MR) is 114 cm³/mol. The van der Waals surface area contributed by atoms with Gasteiger partial charge in [0, 0.05) is 47.8 Å². The third-order valence-corrected chi connectivity index (χ3v) is 5.41. The zero-order chi connectivity index (χ0) is 20.9. The van der Waals surface area contributed by atoms with Gasteiger partial charge in [-0.1, -0.05) is 24.8 Å². The first-order chi connectivity index (χ1) is 13.8. The Morgan fingerprint density at radius 2 is 1.66 bits per heavy atom. The van der Waals surface area contributed by atoms with E-state index in [1.54, 1.807) is 6.07 Å². The third kappa shape index (κ3) is 3.17. The number of aromatic carboxylic acids is 1. The Morgan fingerprint density at radius 3 is 2.34 bits per heavy atom. The summed E-state index contributed by atoms with van der Waals surface area (Å²) >= 11 is 0. The molecule has 0 fully saturated rings. The van der Waals surface area contributed by atoms with E-state index in [9.17, 15) is 9.90 Å². The molecule has 0 bridgehead atoms. The maximum Gasteiger partial charge on any atom is 0.137 e. The largest absolute Gasteiger partial charge is 0.545 e. The van der Waals surface area contributed by atoms with Crippen molar-refractivity contribution >= 4 is 23.8 Å². The first kappa shape index (κ1) is 18.8. The highest BCUT2D eigenvalue weighted by atomic mass is 16.5. The van der Waals surface area contributed by atoms with E-state index in [0.717, 1.165) is 38.4 Å². The second kappa shape index (κ2) is 6.82. The summed E-state index contributed by atoms with van der Waals surface area (Å²) in [6.07, 6.45) is 0. The Morgan fingerprint density at radius 1 is 0.931 bits per heavy atom. The number of nitrogens with zero attached hydrogens (tertiary/aromatic N) is 1. The highest BCUT2D eigenvalue weighted by Crippen LogP contribution is 2.39. The number of rotatable bonds is 3. The topological polar surface area (TPSA) is 52.6 Å². The van der Waals surface area contributed by atoms with Gasteiger partial charge in [-0.15, -0.1) is 0 Å². The summed E-state index contributed by atoms with van der Waals surface area (Å²) < 4.78 is 6.20. The number of hydrogen-bond acceptors (Lipinski definition) is 4. The van der Waals surface area contributed by atoms with Crippen LogP contribution in [0.25, 0.3) is 12.2 Å². The Kier molecular flexibility index (Phi) is 4.42. The quantitative estimate of drug-likeness (QED) is 0.545. The number of ether oxygens (including phenoxy) is 1. The van der Waals surface area contributed by atoms with Crippen LogP contribution in [-0.2, 0) is 0 Å². The molecule has 0 amide bonds. The Labute approximate surface area is 170 Å². The summed E-state index contributed by atoms with van der Waals surface area (Å²) in [7, 11) is 3.93. The molecule has 0 N–H and O–H groups in total. The first-order valence-corrected chi connectivity index (χ1v) is 9.42. The number of hydrogen-bond donors (Lipinski definition) is 0. The van der Waals surface area contributed by atoms with Gasteiger partial charge in [-0.2, -0.15) is 0 Å². The molecule has 1 aliphatic rings. The number of anilines is 1. The molecule has 3 aromatic rings. The van der Waals surface area contributed by atoms with E-state index in [1.807, 2.05) is 75.3 Å². The van der Waals surface area contributed by atoms with E-state index in [4.69, 9.17) is 4.74 Å². The molecule has 0 saturated carbocycles. The fourth-order valence-corrected chi connectivity index (χ4v) is 3.68. The van der Waals surface area contributed by atoms with Crippen LogP contribution in [-0.4, -0.2) is 20.1 Å². The van der Waals surface area contributed by atoms with Gasteiger partial charge in [-0.3, -0.25) is 0 Å². The molecule has 3 aromatic carbocycles. The van der Waals surface area contributed by atoms with Crippen LogP contribution < -0.4 is 25.2 Å². The van der Waals surface area contributed by atoms with Crippen molar-refractivity contribution in [1.82, 2.24) is 0 Å². The van der Waals surface area contributed by atoms with Crippen LogP contribution in [0.15, 0.2) is 48.5 Å². The lowest BCUT2D eigenvalue weighted by Gasteiger charge is -2.25. The van der Waals surface area contributed by atoms with Gasteiger partial charge in [-0.25, -0.2) is 0 Å². The fraction of sp³-hybridized carbons (Fsp3) is 0.160. The van der Waals surface area contributed by atoms with E-state index in [0.29, 0.717) is 17.1 Å². The first-order valence-electron chi connectivity index (χ1n) is 9.42. The maximum atomic E-state index is 12.0. The number of fused-ring (bicyclic) bond motifs is 2. The second-order valence-electron chi connectivity index (χ2n) is 7.65. The summed E-state index contributed by atoms with van der Waals surface area (Å²) in [6.45, 7) is 7.88. The number of benzene rings is 3. The minimum absolute atomic E-state index is 0.178. The molecule has 0 saturated heterocycles. The predicted octanol–water partition coefficient (Wildman–Crippen LogP) is 2.50. The van der Waals surface area contributed by atoms with E-state index < -0.39 is 5.97 Å². The van der Waals surface area contributed by atoms with Crippen molar-refractivity contribution in [2.24, 2.45) is 0 Å². The molecular formula is C25H22NO3-. The average Bonchev–Trinajstić information content (AvgIpc) is 2.67. The zero-order valence-corrected chi connectivity index (χ0v) is 17.0. The summed E-state index contributed by atoms with van der Waals surface area (Å²) in [6, 6.07) is 15.3. The van der Waals surface area contributed by atoms with Crippen LogP contribution in [0.4, 0.5) is 5.69 Å². The van der Waals surface area contributed by atoms with Crippen molar-refractivity contribution < 1.29 is 14.6 Å². The highest BCUT2D eigenvalue weighted by Gasteiger charge is 2.23. The van der Waals surface area contributed by atoms with Gasteiger partial charge in [0.2, 0.25) is 0 Å². The normalized spacial score (nSPS) is 12.1. The lowest BCUT2D eigenvalue weighted by atomic mass is 9.87. The SMILES string of the molecule is C=c1ccc2c(c1)Oc1cc(N(C)C)ccc1C=2c1cc(C)c(C)cc1C(=O)[O-]. The highest BCUT2D eigenvalue weighted by molar-refractivity contribution is 5.98. The third-order valence-electron chi connectivity index (χ3n) is 5.41. The van der Waals surface area contributed by atoms with Crippen molar-refractivity contribution in [3.63, 3.8) is 0 Å². The van der Waals surface area contributed by atoms with E-state index >= 15 is 0 Å². The Hall–Kier alpha value is -3.53. The van der Waals surface area contributed by atoms with E-state index in [2.05, 4.69) is 6.58 Å². The smallest absolute Gasteiger partial charge is 0.137 e. The molecule has 146 valence electrons. The standard InChI is InChI=1S/C25H23NO3/c1-14-6-8-18-22(10-14)29-23-13-17(26(4)5)7-9-19(23)24(18)20-11-15(2)16(3)12-21(20)25(27)28/h6-13H,1H2,2-5H3,(H,27,28)/p-1. The Bertz CT molecular complexity index is 1270. The van der Waals surface area contributed by atoms with Gasteiger partial charge in [0.05, 0.1) is 5.97 Å². The van der Waals surface area contributed by atoms with Gasteiger partial charge in [-0.05, 0) is 60.0 Å². The summed E-state index contributed by atoms with van der Waals surface area (Å²) in [5.41, 5.74) is 5.42. The van der Waals surface area contributed by atoms with Gasteiger partial charge < -0.3 is 19.5 Å². The van der Waals surface area contributed by atoms with Crippen LogP contribution >= 0.6 is 0 Å². The molecule has 29 heavy (non-hydrogen) atoms. The maximum absolute atomic E-state index is 12.0. The van der Waals surface area contributed by atoms with Gasteiger partial charge in [0.25, 0.3) is 0 Å². The molecule has 4 heteroatoms. The second-order valence-corrected chi connectivity index (χ2v) is 7.65. The van der Waals surface area contributed by atoms with Crippen molar-refractivity contribution in [2.75, 3.05) is 19.0 Å². The lowest BCUT2D eigenvalue weighted by Crippen LogP contribution is -2.26. The molecular weight excluding hydrogens is 362 g/mol. The van der Waals surface area contributed by atoms with Gasteiger partial charge in [0.1, 0.15) is 11.5 Å². The molecule has 0 atom stereocenters. The van der Waals surface area contributed by atoms with Crippen LogP contribution in [0.1, 0.15) is 32.6 Å². The number of carboxylic acid groups (broad SMARTS) is 1. The summed E-state index contributed by atoms with van der Waals surface area (Å²) in [5, 5.41) is 13.6. The molecule has 0 unspecified atom stereocenters. The summed E-state index contributed by atoms with van der Waals surface area (Å²) in [4.78, 5) is 14.0. The fourth-order valence-electron chi connectivity index (χ4n) is 3.68. The molecule has 1 heterocycles. The molecule has 0 radical (unpaired) electrons. The number of carbonyl (C=O) groups is 1. The van der Waals surface area contributed by atoms with Crippen molar-refractivity contribution in [3.05, 3.63) is 86.8 Å². The molecule has 4 nitrogen and oxygen atoms in total. The zero-order valence-electron chi connectivity index (χ0n) is 17.0. The monoisotopic (exact) mass is 384 g/mol. The summed E-state index contributed by atoms with van der Waals surface area (Å²) in [5.74, 6) is 0.161. The number of aryl methyl sites for hydroxylation is 2.